The molecule has 1 aromatic rings. The first-order valence-electron chi connectivity index (χ1n) is 7.69. The number of hydrogen-bond donors (Lipinski definition) is 1. The summed E-state index contributed by atoms with van der Waals surface area (Å²) in [5.41, 5.74) is 2.90. The third-order valence-corrected chi connectivity index (χ3v) is 4.90. The van der Waals surface area contributed by atoms with Crippen LogP contribution < -0.4 is 5.32 Å². The van der Waals surface area contributed by atoms with Crippen LogP contribution in [0.15, 0.2) is 24.3 Å². The quantitative estimate of drug-likeness (QED) is 0.709. The van der Waals surface area contributed by atoms with Crippen LogP contribution in [0.1, 0.15) is 51.0 Å². The van der Waals surface area contributed by atoms with Gasteiger partial charge in [-0.1, -0.05) is 50.8 Å². The summed E-state index contributed by atoms with van der Waals surface area (Å²) in [5, 5.41) is 3.84. The highest BCUT2D eigenvalue weighted by molar-refractivity contribution is 5.54. The molecule has 1 nitrogen and oxygen atoms in total. The highest BCUT2D eigenvalue weighted by Gasteiger charge is 2.31. The zero-order valence-corrected chi connectivity index (χ0v) is 11.5. The lowest BCUT2D eigenvalue weighted by molar-refractivity contribution is 0.307. The third kappa shape index (κ3) is 2.41. The van der Waals surface area contributed by atoms with Crippen LogP contribution in [0.2, 0.25) is 0 Å². The summed E-state index contributed by atoms with van der Waals surface area (Å²) in [6.45, 7) is 2.43. The Morgan fingerprint density at radius 1 is 1.00 bits per heavy atom. The summed E-state index contributed by atoms with van der Waals surface area (Å²) in [6, 6.07) is 9.57. The van der Waals surface area contributed by atoms with E-state index in [9.17, 15) is 0 Å². The minimum Gasteiger partial charge on any atom is -0.382 e. The maximum Gasteiger partial charge on any atom is 0.0375 e. The molecule has 2 atom stereocenters. The topological polar surface area (TPSA) is 12.0 Å². The van der Waals surface area contributed by atoms with E-state index in [2.05, 4.69) is 36.5 Å². The summed E-state index contributed by atoms with van der Waals surface area (Å²) < 4.78 is 0. The fourth-order valence-electron chi connectivity index (χ4n) is 3.89. The molecule has 0 saturated heterocycles. The lowest BCUT2D eigenvalue weighted by Gasteiger charge is -2.38. The van der Waals surface area contributed by atoms with E-state index >= 15 is 0 Å². The van der Waals surface area contributed by atoms with Gasteiger partial charge in [-0.3, -0.25) is 0 Å². The number of para-hydroxylation sites is 1. The minimum absolute atomic E-state index is 0.706. The van der Waals surface area contributed by atoms with Crippen molar-refractivity contribution in [2.75, 3.05) is 5.32 Å². The molecule has 18 heavy (non-hydrogen) atoms. The molecule has 1 fully saturated rings. The van der Waals surface area contributed by atoms with Gasteiger partial charge in [0.1, 0.15) is 0 Å². The molecule has 0 radical (unpaired) electrons. The molecule has 1 heteroatoms. The maximum atomic E-state index is 3.84. The van der Waals surface area contributed by atoms with Crippen molar-refractivity contribution in [3.63, 3.8) is 0 Å². The molecule has 2 aliphatic rings. The molecular weight excluding hydrogens is 218 g/mol. The van der Waals surface area contributed by atoms with Gasteiger partial charge in [0.25, 0.3) is 0 Å². The lowest BCUT2D eigenvalue weighted by Crippen LogP contribution is -2.39. The Kier molecular flexibility index (Phi) is 3.58. The Morgan fingerprint density at radius 2 is 1.72 bits per heavy atom. The monoisotopic (exact) mass is 243 g/mol. The van der Waals surface area contributed by atoms with E-state index in [-0.39, 0.29) is 0 Å². The number of hydrogen-bond acceptors (Lipinski definition) is 1. The smallest absolute Gasteiger partial charge is 0.0375 e. The molecule has 1 N–H and O–H groups in total. The van der Waals surface area contributed by atoms with Gasteiger partial charge in [-0.25, -0.2) is 0 Å². The van der Waals surface area contributed by atoms with Crippen LogP contribution in [0.4, 0.5) is 5.69 Å². The molecule has 0 amide bonds. The molecule has 1 heterocycles. The first kappa shape index (κ1) is 12.1. The Balaban J connectivity index is 1.77. The summed E-state index contributed by atoms with van der Waals surface area (Å²) in [6.07, 6.45) is 9.91. The number of anilines is 1. The van der Waals surface area contributed by atoms with E-state index in [1.54, 1.807) is 0 Å². The van der Waals surface area contributed by atoms with Crippen molar-refractivity contribution in [2.45, 2.75) is 57.9 Å². The second-order valence-electron chi connectivity index (χ2n) is 6.26. The van der Waals surface area contributed by atoms with E-state index in [1.807, 2.05) is 0 Å². The highest BCUT2D eigenvalue weighted by atomic mass is 14.9. The Hall–Kier alpha value is -0.980. The highest BCUT2D eigenvalue weighted by Crippen LogP contribution is 2.36. The third-order valence-electron chi connectivity index (χ3n) is 4.90. The molecule has 0 spiro atoms. The molecule has 1 aliphatic heterocycles. The Bertz CT molecular complexity index is 390. The summed E-state index contributed by atoms with van der Waals surface area (Å²) in [4.78, 5) is 0. The molecule has 0 aromatic heterocycles. The number of fused-ring (bicyclic) bond motifs is 1. The van der Waals surface area contributed by atoms with Crippen LogP contribution in [0, 0.1) is 11.8 Å². The number of benzene rings is 1. The average Bonchev–Trinajstić information content (AvgIpc) is 2.66. The summed E-state index contributed by atoms with van der Waals surface area (Å²) in [5.74, 6) is 1.68. The molecule has 0 bridgehead atoms. The molecule has 3 rings (SSSR count). The van der Waals surface area contributed by atoms with E-state index in [4.69, 9.17) is 0 Å². The summed E-state index contributed by atoms with van der Waals surface area (Å²) in [7, 11) is 0. The number of nitrogens with one attached hydrogen (secondary N) is 1. The molecule has 1 saturated carbocycles. The maximum absolute atomic E-state index is 3.84. The van der Waals surface area contributed by atoms with E-state index in [0.717, 1.165) is 11.8 Å². The number of rotatable bonds is 1. The molecule has 1 aromatic carbocycles. The van der Waals surface area contributed by atoms with E-state index in [1.165, 1.54) is 56.2 Å². The van der Waals surface area contributed by atoms with E-state index in [0.29, 0.717) is 6.04 Å². The molecular formula is C17H25N. The van der Waals surface area contributed by atoms with Gasteiger partial charge in [0.2, 0.25) is 0 Å². The summed E-state index contributed by atoms with van der Waals surface area (Å²) >= 11 is 0. The van der Waals surface area contributed by atoms with Gasteiger partial charge in [-0.2, -0.15) is 0 Å². The van der Waals surface area contributed by atoms with Gasteiger partial charge in [0, 0.05) is 11.7 Å². The normalized spacial score (nSPS) is 29.2. The van der Waals surface area contributed by atoms with Crippen molar-refractivity contribution in [1.82, 2.24) is 0 Å². The van der Waals surface area contributed by atoms with Gasteiger partial charge in [-0.05, 0) is 42.7 Å². The second kappa shape index (κ2) is 5.34. The fraction of sp³-hybridized carbons (Fsp3) is 0.647. The van der Waals surface area contributed by atoms with Crippen molar-refractivity contribution < 1.29 is 0 Å². The zero-order valence-electron chi connectivity index (χ0n) is 11.5. The standard InChI is InChI=1S/C17H25N/c1-13-12-15-10-6-7-11-16(15)18-17(13)14-8-4-2-3-5-9-14/h6-7,10-11,13-14,17-18H,2-5,8-9,12H2,1H3. The van der Waals surface area contributed by atoms with Gasteiger partial charge < -0.3 is 5.32 Å². The van der Waals surface area contributed by atoms with Crippen LogP contribution in [0.25, 0.3) is 0 Å². The van der Waals surface area contributed by atoms with Crippen molar-refractivity contribution >= 4 is 5.69 Å². The Labute approximate surface area is 111 Å². The van der Waals surface area contributed by atoms with E-state index < -0.39 is 0 Å². The predicted octanol–water partition coefficient (Wildman–Crippen LogP) is 4.63. The van der Waals surface area contributed by atoms with Gasteiger partial charge in [0.05, 0.1) is 0 Å². The second-order valence-corrected chi connectivity index (χ2v) is 6.26. The Morgan fingerprint density at radius 3 is 2.50 bits per heavy atom. The van der Waals surface area contributed by atoms with Crippen LogP contribution in [0.3, 0.4) is 0 Å². The van der Waals surface area contributed by atoms with Crippen LogP contribution >= 0.6 is 0 Å². The minimum atomic E-state index is 0.706. The van der Waals surface area contributed by atoms with Gasteiger partial charge in [0.15, 0.2) is 0 Å². The molecule has 1 aliphatic carbocycles. The SMILES string of the molecule is CC1Cc2ccccc2NC1C1CCCCCC1. The fourth-order valence-corrected chi connectivity index (χ4v) is 3.89. The van der Waals surface area contributed by atoms with Crippen LogP contribution in [0.5, 0.6) is 0 Å². The van der Waals surface area contributed by atoms with Crippen molar-refractivity contribution in [3.05, 3.63) is 29.8 Å². The van der Waals surface area contributed by atoms with Crippen LogP contribution in [-0.2, 0) is 6.42 Å². The van der Waals surface area contributed by atoms with Crippen molar-refractivity contribution in [1.29, 1.82) is 0 Å². The van der Waals surface area contributed by atoms with Crippen molar-refractivity contribution in [2.24, 2.45) is 11.8 Å². The first-order chi connectivity index (χ1) is 8.84. The average molecular weight is 243 g/mol. The van der Waals surface area contributed by atoms with Crippen molar-refractivity contribution in [3.8, 4) is 0 Å². The zero-order chi connectivity index (χ0) is 12.4. The molecule has 98 valence electrons. The first-order valence-corrected chi connectivity index (χ1v) is 7.69. The van der Waals surface area contributed by atoms with Gasteiger partial charge in [-0.15, -0.1) is 0 Å². The lowest BCUT2D eigenvalue weighted by atomic mass is 9.79. The van der Waals surface area contributed by atoms with Gasteiger partial charge >= 0.3 is 0 Å². The molecule has 2 unspecified atom stereocenters. The largest absolute Gasteiger partial charge is 0.382 e. The predicted molar refractivity (Wildman–Crippen MR) is 77.9 cm³/mol. The van der Waals surface area contributed by atoms with Crippen LogP contribution in [-0.4, -0.2) is 6.04 Å².